The number of hydrogen-bond donors (Lipinski definition) is 2. The molecule has 1 aromatic carbocycles. The van der Waals surface area contributed by atoms with Crippen molar-refractivity contribution in [2.45, 2.75) is 39.5 Å². The first-order valence-corrected chi connectivity index (χ1v) is 10.2. The van der Waals surface area contributed by atoms with Gasteiger partial charge < -0.3 is 15.4 Å². The van der Waals surface area contributed by atoms with Crippen molar-refractivity contribution in [3.63, 3.8) is 0 Å². The van der Waals surface area contributed by atoms with Crippen LogP contribution in [0.25, 0.3) is 0 Å². The van der Waals surface area contributed by atoms with Crippen molar-refractivity contribution in [3.8, 4) is 0 Å². The molecule has 0 atom stereocenters. The molecule has 10 heteroatoms. The van der Waals surface area contributed by atoms with Gasteiger partial charge in [0.2, 0.25) is 5.91 Å². The van der Waals surface area contributed by atoms with Crippen LogP contribution in [-0.2, 0) is 27.2 Å². The predicted molar refractivity (Wildman–Crippen MR) is 112 cm³/mol. The van der Waals surface area contributed by atoms with Gasteiger partial charge in [0.1, 0.15) is 5.00 Å². The molecule has 2 aromatic rings. The summed E-state index contributed by atoms with van der Waals surface area (Å²) in [6.07, 6.45) is 3.52. The lowest BCUT2D eigenvalue weighted by Crippen LogP contribution is -2.22. The molecule has 30 heavy (non-hydrogen) atoms. The molecule has 1 aliphatic rings. The fourth-order valence-corrected chi connectivity index (χ4v) is 4.70. The average molecular weight is 431 g/mol. The van der Waals surface area contributed by atoms with E-state index < -0.39 is 23.4 Å². The van der Waals surface area contributed by atoms with Gasteiger partial charge in [0.05, 0.1) is 21.7 Å². The number of nitrogens with one attached hydrogen (secondary N) is 2. The smallest absolute Gasteiger partial charge is 0.341 e. The normalized spacial score (nSPS) is 12.6. The molecule has 0 spiro atoms. The molecule has 0 bridgehead atoms. The Morgan fingerprint density at radius 2 is 1.93 bits per heavy atom. The number of anilines is 2. The summed E-state index contributed by atoms with van der Waals surface area (Å²) >= 11 is 1.36. The van der Waals surface area contributed by atoms with Crippen molar-refractivity contribution in [2.24, 2.45) is 0 Å². The molecule has 3 rings (SSSR count). The first-order chi connectivity index (χ1) is 14.3. The van der Waals surface area contributed by atoms with Gasteiger partial charge in [0, 0.05) is 17.9 Å². The lowest BCUT2D eigenvalue weighted by atomic mass is 9.95. The van der Waals surface area contributed by atoms with Crippen LogP contribution in [0.1, 0.15) is 46.1 Å². The number of benzene rings is 1. The minimum absolute atomic E-state index is 0.116. The molecule has 0 unspecified atom stereocenters. The summed E-state index contributed by atoms with van der Waals surface area (Å²) in [6, 6.07) is 4.34. The number of nitrogens with zero attached hydrogens (tertiary/aromatic N) is 1. The van der Waals surface area contributed by atoms with Gasteiger partial charge in [-0.1, -0.05) is 6.07 Å². The van der Waals surface area contributed by atoms with Gasteiger partial charge in [-0.3, -0.25) is 19.7 Å². The van der Waals surface area contributed by atoms with Crippen molar-refractivity contribution in [1.82, 2.24) is 0 Å². The third kappa shape index (κ3) is 4.65. The number of fused-ring (bicyclic) bond motifs is 1. The molecule has 158 valence electrons. The largest absolute Gasteiger partial charge is 0.452 e. The van der Waals surface area contributed by atoms with Crippen LogP contribution in [0.15, 0.2) is 18.2 Å². The zero-order chi connectivity index (χ0) is 21.8. The molecule has 1 aromatic heterocycles. The molecule has 1 heterocycles. The van der Waals surface area contributed by atoms with Crippen LogP contribution < -0.4 is 10.6 Å². The van der Waals surface area contributed by atoms with E-state index in [-0.39, 0.29) is 17.3 Å². The second-order valence-electron chi connectivity index (χ2n) is 6.93. The highest BCUT2D eigenvalue weighted by molar-refractivity contribution is 7.17. The fraction of sp³-hybridized carbons (Fsp3) is 0.350. The highest BCUT2D eigenvalue weighted by Gasteiger charge is 2.27. The van der Waals surface area contributed by atoms with Crippen LogP contribution >= 0.6 is 11.3 Å². The van der Waals surface area contributed by atoms with Gasteiger partial charge in [-0.15, -0.1) is 11.3 Å². The maximum absolute atomic E-state index is 12.7. The average Bonchev–Trinajstić information content (AvgIpc) is 3.04. The summed E-state index contributed by atoms with van der Waals surface area (Å²) < 4.78 is 5.20. The van der Waals surface area contributed by atoms with Crippen molar-refractivity contribution in [1.29, 1.82) is 0 Å². The molecule has 0 radical (unpaired) electrons. The van der Waals surface area contributed by atoms with E-state index in [4.69, 9.17) is 4.74 Å². The zero-order valence-electron chi connectivity index (χ0n) is 16.6. The van der Waals surface area contributed by atoms with E-state index in [1.807, 2.05) is 0 Å². The lowest BCUT2D eigenvalue weighted by Gasteiger charge is -2.13. The molecule has 2 N–H and O–H groups in total. The fourth-order valence-electron chi connectivity index (χ4n) is 3.38. The van der Waals surface area contributed by atoms with E-state index in [0.29, 0.717) is 16.1 Å². The number of amides is 2. The second kappa shape index (κ2) is 9.04. The molecule has 0 saturated carbocycles. The van der Waals surface area contributed by atoms with Gasteiger partial charge in [0.25, 0.3) is 11.6 Å². The number of nitro groups is 1. The van der Waals surface area contributed by atoms with Crippen molar-refractivity contribution < 1.29 is 24.0 Å². The van der Waals surface area contributed by atoms with E-state index in [0.717, 1.165) is 36.1 Å². The van der Waals surface area contributed by atoms with Crippen LogP contribution in [0.2, 0.25) is 0 Å². The predicted octanol–water partition coefficient (Wildman–Crippen LogP) is 3.60. The third-order valence-corrected chi connectivity index (χ3v) is 5.98. The second-order valence-corrected chi connectivity index (χ2v) is 8.03. The monoisotopic (exact) mass is 431 g/mol. The highest BCUT2D eigenvalue weighted by atomic mass is 32.1. The summed E-state index contributed by atoms with van der Waals surface area (Å²) in [7, 11) is 0. The first kappa shape index (κ1) is 21.4. The lowest BCUT2D eigenvalue weighted by molar-refractivity contribution is -0.385. The maximum atomic E-state index is 12.7. The molecule has 9 nitrogen and oxygen atoms in total. The minimum atomic E-state index is -0.677. The number of aryl methyl sites for hydroxylation is 1. The van der Waals surface area contributed by atoms with Gasteiger partial charge in [0.15, 0.2) is 6.61 Å². The van der Waals surface area contributed by atoms with E-state index in [1.54, 1.807) is 0 Å². The minimum Gasteiger partial charge on any atom is -0.452 e. The number of carbonyl (C=O) groups excluding carboxylic acids is 3. The summed E-state index contributed by atoms with van der Waals surface area (Å²) in [5.74, 6) is -1.58. The number of carbonyl (C=O) groups is 3. The standard InChI is InChI=1S/C20H21N3O6S/c1-11-14(7-5-8-15(11)23(27)28)22-17(25)10-29-20(26)18-13-6-3-4-9-16(13)30-19(18)21-12(2)24/h5,7-8H,3-4,6,9-10H2,1-2H3,(H,21,24)(H,22,25). The number of ether oxygens (including phenoxy) is 1. The molecule has 0 fully saturated rings. The van der Waals surface area contributed by atoms with Crippen LogP contribution in [0.4, 0.5) is 16.4 Å². The quantitative estimate of drug-likeness (QED) is 0.409. The van der Waals surface area contributed by atoms with Crippen molar-refractivity contribution in [2.75, 3.05) is 17.2 Å². The van der Waals surface area contributed by atoms with Crippen LogP contribution in [0.5, 0.6) is 0 Å². The Morgan fingerprint density at radius 3 is 2.63 bits per heavy atom. The van der Waals surface area contributed by atoms with Gasteiger partial charge in [-0.25, -0.2) is 4.79 Å². The topological polar surface area (TPSA) is 128 Å². The van der Waals surface area contributed by atoms with E-state index in [2.05, 4.69) is 10.6 Å². The zero-order valence-corrected chi connectivity index (χ0v) is 17.4. The Morgan fingerprint density at radius 1 is 1.20 bits per heavy atom. The number of hydrogen-bond acceptors (Lipinski definition) is 7. The Balaban J connectivity index is 1.71. The van der Waals surface area contributed by atoms with Crippen LogP contribution in [0, 0.1) is 17.0 Å². The van der Waals surface area contributed by atoms with Gasteiger partial charge >= 0.3 is 5.97 Å². The van der Waals surface area contributed by atoms with Crippen molar-refractivity contribution in [3.05, 3.63) is 49.9 Å². The van der Waals surface area contributed by atoms with E-state index in [9.17, 15) is 24.5 Å². The molecular formula is C20H21N3O6S. The summed E-state index contributed by atoms with van der Waals surface area (Å²) in [6.45, 7) is 2.34. The Bertz CT molecular complexity index is 1030. The first-order valence-electron chi connectivity index (χ1n) is 9.41. The maximum Gasteiger partial charge on any atom is 0.341 e. The van der Waals surface area contributed by atoms with Gasteiger partial charge in [-0.05, 0) is 44.2 Å². The third-order valence-electron chi connectivity index (χ3n) is 4.78. The Labute approximate surface area is 176 Å². The molecule has 0 saturated heterocycles. The molecule has 0 aliphatic heterocycles. The Kier molecular flexibility index (Phi) is 6.46. The summed E-state index contributed by atoms with van der Waals surface area (Å²) in [5, 5.41) is 16.7. The number of thiophene rings is 1. The van der Waals surface area contributed by atoms with E-state index in [1.165, 1.54) is 43.4 Å². The van der Waals surface area contributed by atoms with Crippen LogP contribution in [0.3, 0.4) is 0 Å². The number of esters is 1. The van der Waals surface area contributed by atoms with Gasteiger partial charge in [-0.2, -0.15) is 0 Å². The highest BCUT2D eigenvalue weighted by Crippen LogP contribution is 2.38. The van der Waals surface area contributed by atoms with Crippen LogP contribution in [-0.4, -0.2) is 29.3 Å². The molecule has 2 amide bonds. The molecular weight excluding hydrogens is 410 g/mol. The number of nitro benzene ring substituents is 1. The SMILES string of the molecule is CC(=O)Nc1sc2c(c1C(=O)OCC(=O)Nc1cccc([N+](=O)[O-])c1C)CCCC2. The number of rotatable bonds is 6. The van der Waals surface area contributed by atoms with Crippen molar-refractivity contribution >= 4 is 45.5 Å². The summed E-state index contributed by atoms with van der Waals surface area (Å²) in [4.78, 5) is 48.0. The van der Waals surface area contributed by atoms with E-state index >= 15 is 0 Å². The molecule has 1 aliphatic carbocycles. The Hall–Kier alpha value is -3.27. The summed E-state index contributed by atoms with van der Waals surface area (Å²) in [5.41, 5.74) is 1.65.